The van der Waals surface area contributed by atoms with Gasteiger partial charge in [-0.1, -0.05) is 19.9 Å². The summed E-state index contributed by atoms with van der Waals surface area (Å²) in [5, 5.41) is 9.77. The number of benzene rings is 1. The summed E-state index contributed by atoms with van der Waals surface area (Å²) in [6.07, 6.45) is 1.62. The third kappa shape index (κ3) is 3.37. The SMILES string of the molecule is CC(C)C(NS(=O)(=O)c1ccc2ncccc2c1)C(=O)O. The van der Waals surface area contributed by atoms with E-state index in [1.54, 1.807) is 38.2 Å². The van der Waals surface area contributed by atoms with Crippen molar-refractivity contribution < 1.29 is 18.3 Å². The highest BCUT2D eigenvalue weighted by Crippen LogP contribution is 2.18. The van der Waals surface area contributed by atoms with E-state index in [1.807, 2.05) is 0 Å². The fourth-order valence-corrected chi connectivity index (χ4v) is 3.30. The van der Waals surface area contributed by atoms with Crippen LogP contribution in [0.4, 0.5) is 0 Å². The summed E-state index contributed by atoms with van der Waals surface area (Å²) in [7, 11) is -3.90. The summed E-state index contributed by atoms with van der Waals surface area (Å²) in [5.41, 5.74) is 0.676. The van der Waals surface area contributed by atoms with Crippen molar-refractivity contribution >= 4 is 26.9 Å². The number of carbonyl (C=O) groups is 1. The van der Waals surface area contributed by atoms with Gasteiger partial charge in [-0.2, -0.15) is 4.72 Å². The number of nitrogens with one attached hydrogen (secondary N) is 1. The number of fused-ring (bicyclic) bond motifs is 1. The first-order valence-electron chi connectivity index (χ1n) is 6.41. The quantitative estimate of drug-likeness (QED) is 0.875. The molecule has 112 valence electrons. The van der Waals surface area contributed by atoms with E-state index in [4.69, 9.17) is 5.11 Å². The van der Waals surface area contributed by atoms with Gasteiger partial charge in [-0.25, -0.2) is 8.42 Å². The van der Waals surface area contributed by atoms with Crippen molar-refractivity contribution in [3.8, 4) is 0 Å². The second-order valence-electron chi connectivity index (χ2n) is 5.04. The first kappa shape index (κ1) is 15.4. The van der Waals surface area contributed by atoms with Crippen LogP contribution in [0, 0.1) is 5.92 Å². The lowest BCUT2D eigenvalue weighted by molar-refractivity contribution is -0.140. The number of pyridine rings is 1. The van der Waals surface area contributed by atoms with Crippen LogP contribution in [0.2, 0.25) is 0 Å². The molecule has 0 amide bonds. The summed E-state index contributed by atoms with van der Waals surface area (Å²) in [6, 6.07) is 6.77. The second-order valence-corrected chi connectivity index (χ2v) is 6.75. The molecule has 1 heterocycles. The minimum atomic E-state index is -3.90. The average molecular weight is 308 g/mol. The highest BCUT2D eigenvalue weighted by Gasteiger charge is 2.28. The number of hydrogen-bond acceptors (Lipinski definition) is 4. The Balaban J connectivity index is 2.39. The molecule has 1 aromatic carbocycles. The molecule has 0 saturated carbocycles. The summed E-state index contributed by atoms with van der Waals surface area (Å²) in [5.74, 6) is -1.56. The molecule has 0 saturated heterocycles. The Morgan fingerprint density at radius 2 is 2.00 bits per heavy atom. The van der Waals surface area contributed by atoms with Crippen molar-refractivity contribution in [2.24, 2.45) is 5.92 Å². The second kappa shape index (κ2) is 5.79. The van der Waals surface area contributed by atoms with Crippen LogP contribution in [-0.4, -0.2) is 30.5 Å². The number of sulfonamides is 1. The van der Waals surface area contributed by atoms with E-state index < -0.39 is 22.0 Å². The van der Waals surface area contributed by atoms with Gasteiger partial charge >= 0.3 is 5.97 Å². The number of aliphatic carboxylic acids is 1. The molecule has 2 aromatic rings. The average Bonchev–Trinajstić information content (AvgIpc) is 2.43. The standard InChI is InChI=1S/C14H16N2O4S/c1-9(2)13(14(17)18)16-21(19,20)11-5-6-12-10(8-11)4-3-7-15-12/h3-9,13,16H,1-2H3,(H,17,18). The molecule has 0 bridgehead atoms. The van der Waals surface area contributed by atoms with Gasteiger partial charge in [-0.3, -0.25) is 9.78 Å². The van der Waals surface area contributed by atoms with Gasteiger partial charge in [0.2, 0.25) is 10.0 Å². The minimum Gasteiger partial charge on any atom is -0.480 e. The largest absolute Gasteiger partial charge is 0.480 e. The van der Waals surface area contributed by atoms with Crippen molar-refractivity contribution in [2.75, 3.05) is 0 Å². The molecule has 0 aliphatic carbocycles. The smallest absolute Gasteiger partial charge is 0.322 e. The van der Waals surface area contributed by atoms with Crippen LogP contribution in [0.1, 0.15) is 13.8 Å². The zero-order valence-electron chi connectivity index (χ0n) is 11.6. The molecular weight excluding hydrogens is 292 g/mol. The van der Waals surface area contributed by atoms with E-state index in [2.05, 4.69) is 9.71 Å². The van der Waals surface area contributed by atoms with Crippen molar-refractivity contribution in [1.82, 2.24) is 9.71 Å². The molecule has 0 aliphatic heterocycles. The molecule has 0 aliphatic rings. The number of aromatic nitrogens is 1. The third-order valence-electron chi connectivity index (χ3n) is 3.10. The molecular formula is C14H16N2O4S. The van der Waals surface area contributed by atoms with Crippen LogP contribution in [0.25, 0.3) is 10.9 Å². The van der Waals surface area contributed by atoms with Gasteiger partial charge in [-0.15, -0.1) is 0 Å². The van der Waals surface area contributed by atoms with E-state index in [-0.39, 0.29) is 10.8 Å². The van der Waals surface area contributed by atoms with Crippen LogP contribution in [-0.2, 0) is 14.8 Å². The number of carboxylic acid groups (broad SMARTS) is 1. The van der Waals surface area contributed by atoms with Crippen molar-refractivity contribution in [2.45, 2.75) is 24.8 Å². The number of carboxylic acids is 1. The maximum atomic E-state index is 12.3. The van der Waals surface area contributed by atoms with Crippen LogP contribution in [0.3, 0.4) is 0 Å². The Morgan fingerprint density at radius 1 is 1.29 bits per heavy atom. The van der Waals surface area contributed by atoms with Gasteiger partial charge in [-0.05, 0) is 30.2 Å². The Labute approximate surface area is 122 Å². The van der Waals surface area contributed by atoms with Crippen molar-refractivity contribution in [3.05, 3.63) is 36.5 Å². The minimum absolute atomic E-state index is 0.0231. The Hall–Kier alpha value is -1.99. The maximum Gasteiger partial charge on any atom is 0.322 e. The van der Waals surface area contributed by atoms with Crippen LogP contribution < -0.4 is 4.72 Å². The molecule has 6 nitrogen and oxygen atoms in total. The zero-order valence-corrected chi connectivity index (χ0v) is 12.5. The highest BCUT2D eigenvalue weighted by atomic mass is 32.2. The monoisotopic (exact) mass is 308 g/mol. The predicted molar refractivity (Wildman–Crippen MR) is 78.3 cm³/mol. The zero-order chi connectivity index (χ0) is 15.6. The van der Waals surface area contributed by atoms with E-state index >= 15 is 0 Å². The lowest BCUT2D eigenvalue weighted by Gasteiger charge is -2.18. The van der Waals surface area contributed by atoms with Crippen molar-refractivity contribution in [3.63, 3.8) is 0 Å². The third-order valence-corrected chi connectivity index (χ3v) is 4.54. The molecule has 2 rings (SSSR count). The number of nitrogens with zero attached hydrogens (tertiary/aromatic N) is 1. The Bertz CT molecular complexity index is 771. The molecule has 1 atom stereocenters. The highest BCUT2D eigenvalue weighted by molar-refractivity contribution is 7.89. The first-order chi connectivity index (χ1) is 9.81. The predicted octanol–water partition coefficient (Wildman–Crippen LogP) is 1.62. The molecule has 1 aromatic heterocycles. The molecule has 7 heteroatoms. The Morgan fingerprint density at radius 3 is 2.62 bits per heavy atom. The number of hydrogen-bond donors (Lipinski definition) is 2. The van der Waals surface area contributed by atoms with Crippen LogP contribution >= 0.6 is 0 Å². The van der Waals surface area contributed by atoms with Gasteiger partial charge in [0.25, 0.3) is 0 Å². The first-order valence-corrected chi connectivity index (χ1v) is 7.89. The molecule has 2 N–H and O–H groups in total. The van der Waals surface area contributed by atoms with Crippen LogP contribution in [0.15, 0.2) is 41.4 Å². The van der Waals surface area contributed by atoms with E-state index in [1.165, 1.54) is 12.1 Å². The van der Waals surface area contributed by atoms with E-state index in [0.29, 0.717) is 10.9 Å². The van der Waals surface area contributed by atoms with Gasteiger partial charge in [0.05, 0.1) is 10.4 Å². The normalized spacial score (nSPS) is 13.5. The van der Waals surface area contributed by atoms with Crippen LogP contribution in [0.5, 0.6) is 0 Å². The topological polar surface area (TPSA) is 96.4 Å². The van der Waals surface area contributed by atoms with E-state index in [9.17, 15) is 13.2 Å². The summed E-state index contributed by atoms with van der Waals surface area (Å²) >= 11 is 0. The fourth-order valence-electron chi connectivity index (χ4n) is 1.93. The lowest BCUT2D eigenvalue weighted by Crippen LogP contribution is -2.44. The van der Waals surface area contributed by atoms with Gasteiger partial charge in [0.15, 0.2) is 0 Å². The molecule has 1 unspecified atom stereocenters. The molecule has 0 fully saturated rings. The molecule has 21 heavy (non-hydrogen) atoms. The maximum absolute atomic E-state index is 12.3. The van der Waals surface area contributed by atoms with Gasteiger partial charge < -0.3 is 5.11 Å². The summed E-state index contributed by atoms with van der Waals surface area (Å²) in [4.78, 5) is 15.3. The summed E-state index contributed by atoms with van der Waals surface area (Å²) in [6.45, 7) is 3.29. The summed E-state index contributed by atoms with van der Waals surface area (Å²) < 4.78 is 26.8. The van der Waals surface area contributed by atoms with E-state index in [0.717, 1.165) is 0 Å². The number of rotatable bonds is 5. The van der Waals surface area contributed by atoms with Gasteiger partial charge in [0, 0.05) is 11.6 Å². The van der Waals surface area contributed by atoms with Gasteiger partial charge in [0.1, 0.15) is 6.04 Å². The molecule has 0 radical (unpaired) electrons. The fraction of sp³-hybridized carbons (Fsp3) is 0.286. The lowest BCUT2D eigenvalue weighted by atomic mass is 10.1. The van der Waals surface area contributed by atoms with Crippen molar-refractivity contribution in [1.29, 1.82) is 0 Å². The Kier molecular flexibility index (Phi) is 4.24. The molecule has 0 spiro atoms.